The number of esters is 1. The normalized spacial score (nSPS) is 18.2. The molecule has 0 aliphatic carbocycles. The van der Waals surface area contributed by atoms with Gasteiger partial charge in [-0.25, -0.2) is 9.69 Å². The van der Waals surface area contributed by atoms with Crippen molar-refractivity contribution in [1.82, 2.24) is 4.57 Å². The zero-order valence-corrected chi connectivity index (χ0v) is 27.8. The molecule has 2 N–H and O–H groups in total. The summed E-state index contributed by atoms with van der Waals surface area (Å²) in [5, 5.41) is 12.7. The van der Waals surface area contributed by atoms with Crippen molar-refractivity contribution >= 4 is 58.2 Å². The fraction of sp³-hybridized carbons (Fsp3) is 0.265. The fourth-order valence-electron chi connectivity index (χ4n) is 5.84. The zero-order valence-electron chi connectivity index (χ0n) is 26.1. The highest BCUT2D eigenvalue weighted by Gasteiger charge is 2.57. The van der Waals surface area contributed by atoms with Gasteiger partial charge in [0.15, 0.2) is 11.5 Å². The lowest BCUT2D eigenvalue weighted by molar-refractivity contribution is -0.122. The summed E-state index contributed by atoms with van der Waals surface area (Å²) in [6, 6.07) is 17.5. The lowest BCUT2D eigenvalue weighted by Gasteiger charge is -2.31. The van der Waals surface area contributed by atoms with Crippen LogP contribution >= 0.6 is 23.1 Å². The van der Waals surface area contributed by atoms with Gasteiger partial charge in [-0.3, -0.25) is 23.7 Å². The molecule has 1 aromatic heterocycles. The van der Waals surface area contributed by atoms with Gasteiger partial charge in [0.05, 0.1) is 42.5 Å². The molecular weight excluding hydrogens is 659 g/mol. The Morgan fingerprint density at radius 3 is 2.33 bits per heavy atom. The standard InChI is InChI=1S/C34H31N3O9S2/c1-4-45-24-16-19(8-15-23(24)38)26-27-28(31(41)37(30(27)40)21-11-6-18(7-12-21)33(42)46-5-2)47-32-29(26)48-34(43)36(32)17-25(39)35-20-9-13-22(44-3)14-10-20/h6-16,26-28,38H,4-5,17H2,1-3H3,(H,35,39). The van der Waals surface area contributed by atoms with Gasteiger partial charge in [-0.1, -0.05) is 29.2 Å². The third-order valence-electron chi connectivity index (χ3n) is 8.00. The topological polar surface area (TPSA) is 153 Å². The van der Waals surface area contributed by atoms with Crippen LogP contribution in [-0.4, -0.2) is 58.9 Å². The molecule has 3 atom stereocenters. The molecule has 3 amide bonds. The first kappa shape index (κ1) is 32.8. The quantitative estimate of drug-likeness (QED) is 0.178. The molecule has 0 spiro atoms. The second-order valence-corrected chi connectivity index (χ2v) is 13.0. The number of benzene rings is 3. The van der Waals surface area contributed by atoms with Crippen molar-refractivity contribution in [1.29, 1.82) is 0 Å². The van der Waals surface area contributed by atoms with Crippen LogP contribution in [0.1, 0.15) is 40.6 Å². The number of anilines is 2. The maximum Gasteiger partial charge on any atom is 0.338 e. The molecule has 14 heteroatoms. The molecule has 1 saturated heterocycles. The minimum Gasteiger partial charge on any atom is -0.504 e. The minimum absolute atomic E-state index is 0.0966. The van der Waals surface area contributed by atoms with Gasteiger partial charge in [-0.05, 0) is 80.1 Å². The van der Waals surface area contributed by atoms with Gasteiger partial charge in [0, 0.05) is 16.5 Å². The molecule has 0 saturated carbocycles. The predicted molar refractivity (Wildman–Crippen MR) is 179 cm³/mol. The number of imide groups is 1. The van der Waals surface area contributed by atoms with E-state index in [0.717, 1.165) is 28.0 Å². The number of hydrogen-bond acceptors (Lipinski definition) is 11. The van der Waals surface area contributed by atoms with E-state index in [1.807, 2.05) is 0 Å². The van der Waals surface area contributed by atoms with E-state index in [0.29, 0.717) is 26.9 Å². The van der Waals surface area contributed by atoms with Gasteiger partial charge in [0.1, 0.15) is 17.5 Å². The number of carbonyl (C=O) groups excluding carboxylic acids is 4. The highest BCUT2D eigenvalue weighted by Crippen LogP contribution is 2.54. The Balaban J connectivity index is 1.39. The van der Waals surface area contributed by atoms with Crippen molar-refractivity contribution in [3.05, 3.63) is 92.4 Å². The average Bonchev–Trinajstić information content (AvgIpc) is 3.52. The molecule has 12 nitrogen and oxygen atoms in total. The van der Waals surface area contributed by atoms with E-state index in [-0.39, 0.29) is 42.5 Å². The number of phenolic OH excluding ortho intramolecular Hbond substituents is 1. The van der Waals surface area contributed by atoms with Crippen LogP contribution in [-0.2, 0) is 25.7 Å². The molecular formula is C34H31N3O9S2. The Hall–Kier alpha value is -5.08. The number of thiazole rings is 1. The third kappa shape index (κ3) is 6.04. The summed E-state index contributed by atoms with van der Waals surface area (Å²) >= 11 is 1.99. The number of fused-ring (bicyclic) bond motifs is 2. The number of methoxy groups -OCH3 is 1. The molecule has 48 heavy (non-hydrogen) atoms. The predicted octanol–water partition coefficient (Wildman–Crippen LogP) is 4.63. The summed E-state index contributed by atoms with van der Waals surface area (Å²) in [4.78, 5) is 68.3. The molecule has 3 heterocycles. The van der Waals surface area contributed by atoms with Crippen LogP contribution in [0.25, 0.3) is 0 Å². The third-order valence-corrected chi connectivity index (χ3v) is 10.6. The van der Waals surface area contributed by atoms with E-state index >= 15 is 0 Å². The smallest absolute Gasteiger partial charge is 0.338 e. The molecule has 2 aliphatic rings. The van der Waals surface area contributed by atoms with Crippen LogP contribution < -0.4 is 24.6 Å². The van der Waals surface area contributed by atoms with Crippen molar-refractivity contribution < 1.29 is 38.5 Å². The Morgan fingerprint density at radius 1 is 0.938 bits per heavy atom. The highest BCUT2D eigenvalue weighted by atomic mass is 32.2. The molecule has 3 unspecified atom stereocenters. The van der Waals surface area contributed by atoms with E-state index in [2.05, 4.69) is 5.32 Å². The number of rotatable bonds is 10. The molecule has 6 rings (SSSR count). The largest absolute Gasteiger partial charge is 0.504 e. The van der Waals surface area contributed by atoms with Gasteiger partial charge in [-0.2, -0.15) is 0 Å². The van der Waals surface area contributed by atoms with Gasteiger partial charge >= 0.3 is 10.8 Å². The van der Waals surface area contributed by atoms with E-state index in [9.17, 15) is 29.1 Å². The summed E-state index contributed by atoms with van der Waals surface area (Å²) in [5.41, 5.74) is 1.63. The molecule has 3 aromatic carbocycles. The van der Waals surface area contributed by atoms with E-state index < -0.39 is 45.6 Å². The fourth-order valence-corrected chi connectivity index (χ4v) is 8.62. The Morgan fingerprint density at radius 2 is 1.67 bits per heavy atom. The first-order valence-corrected chi connectivity index (χ1v) is 16.8. The number of amides is 3. The summed E-state index contributed by atoms with van der Waals surface area (Å²) in [6.45, 7) is 3.61. The first-order chi connectivity index (χ1) is 23.1. The molecule has 4 aromatic rings. The van der Waals surface area contributed by atoms with Crippen LogP contribution in [0, 0.1) is 5.92 Å². The summed E-state index contributed by atoms with van der Waals surface area (Å²) < 4.78 is 17.2. The van der Waals surface area contributed by atoms with Gasteiger partial charge in [0.25, 0.3) is 0 Å². The van der Waals surface area contributed by atoms with E-state index in [1.165, 1.54) is 42.0 Å². The summed E-state index contributed by atoms with van der Waals surface area (Å²) in [7, 11) is 1.54. The van der Waals surface area contributed by atoms with Crippen LogP contribution in [0.15, 0.2) is 76.6 Å². The second kappa shape index (κ2) is 13.6. The molecule has 0 bridgehead atoms. The molecule has 1 fully saturated rings. The van der Waals surface area contributed by atoms with Crippen molar-refractivity contribution in [3.63, 3.8) is 0 Å². The van der Waals surface area contributed by atoms with Crippen molar-refractivity contribution in [2.75, 3.05) is 30.5 Å². The second-order valence-electron chi connectivity index (χ2n) is 10.9. The zero-order chi connectivity index (χ0) is 34.1. The van der Waals surface area contributed by atoms with E-state index in [1.54, 1.807) is 50.2 Å². The number of ether oxygens (including phenoxy) is 3. The number of phenols is 1. The van der Waals surface area contributed by atoms with Crippen molar-refractivity contribution in [3.8, 4) is 17.2 Å². The van der Waals surface area contributed by atoms with Gasteiger partial charge in [0.2, 0.25) is 17.7 Å². The maximum atomic E-state index is 14.2. The lowest BCUT2D eigenvalue weighted by atomic mass is 9.83. The highest BCUT2D eigenvalue weighted by molar-refractivity contribution is 8.00. The Kier molecular flexibility index (Phi) is 9.29. The lowest BCUT2D eigenvalue weighted by Crippen LogP contribution is -2.33. The van der Waals surface area contributed by atoms with Crippen molar-refractivity contribution in [2.45, 2.75) is 36.6 Å². The SMILES string of the molecule is CCOC(=O)c1ccc(N2C(=O)C3Sc4c(sc(=O)n4CC(=O)Nc4ccc(OC)cc4)C(c4ccc(O)c(OCC)c4)C3C2=O)cc1. The van der Waals surface area contributed by atoms with Gasteiger partial charge in [-0.15, -0.1) is 0 Å². The Bertz CT molecular complexity index is 1950. The Labute approximate surface area is 283 Å². The summed E-state index contributed by atoms with van der Waals surface area (Å²) in [5.74, 6) is -2.92. The number of aromatic hydroxyl groups is 1. The van der Waals surface area contributed by atoms with Crippen LogP contribution in [0.3, 0.4) is 0 Å². The van der Waals surface area contributed by atoms with Gasteiger partial charge < -0.3 is 24.6 Å². The van der Waals surface area contributed by atoms with Crippen molar-refractivity contribution in [2.24, 2.45) is 5.92 Å². The number of aromatic nitrogens is 1. The van der Waals surface area contributed by atoms with E-state index in [4.69, 9.17) is 14.2 Å². The number of nitrogens with one attached hydrogen (secondary N) is 1. The number of carbonyl (C=O) groups is 4. The molecule has 2 aliphatic heterocycles. The minimum atomic E-state index is -0.936. The number of thioether (sulfide) groups is 1. The molecule has 0 radical (unpaired) electrons. The number of hydrogen-bond donors (Lipinski definition) is 2. The number of nitrogens with zero attached hydrogens (tertiary/aromatic N) is 2. The average molecular weight is 690 g/mol. The maximum absolute atomic E-state index is 14.2. The molecule has 248 valence electrons. The van der Waals surface area contributed by atoms with Crippen LogP contribution in [0.2, 0.25) is 0 Å². The monoisotopic (exact) mass is 689 g/mol. The van der Waals surface area contributed by atoms with Crippen LogP contribution in [0.5, 0.6) is 17.2 Å². The summed E-state index contributed by atoms with van der Waals surface area (Å²) in [6.07, 6.45) is 0. The van der Waals surface area contributed by atoms with Crippen LogP contribution in [0.4, 0.5) is 11.4 Å². The first-order valence-electron chi connectivity index (χ1n) is 15.1.